The van der Waals surface area contributed by atoms with Gasteiger partial charge in [0.2, 0.25) is 0 Å². The van der Waals surface area contributed by atoms with Crippen molar-refractivity contribution in [2.24, 2.45) is 0 Å². The Bertz CT molecular complexity index is 346. The van der Waals surface area contributed by atoms with Crippen molar-refractivity contribution in [3.05, 3.63) is 23.9 Å². The second-order valence-electron chi connectivity index (χ2n) is 3.80. The molecule has 5 heteroatoms. The molecule has 2 rings (SSSR count). The summed E-state index contributed by atoms with van der Waals surface area (Å²) in [4.78, 5) is 6.32. The van der Waals surface area contributed by atoms with Gasteiger partial charge >= 0.3 is 0 Å². The first-order valence-corrected chi connectivity index (χ1v) is 5.36. The minimum absolute atomic E-state index is 0.0172. The molecule has 5 nitrogen and oxygen atoms in total. The number of aliphatic hydroxyl groups is 2. The number of nitrogens with zero attached hydrogens (tertiary/aromatic N) is 2. The van der Waals surface area contributed by atoms with Crippen LogP contribution in [0.4, 0.5) is 5.82 Å². The van der Waals surface area contributed by atoms with E-state index in [9.17, 15) is 0 Å². The summed E-state index contributed by atoms with van der Waals surface area (Å²) in [6, 6.07) is 3.65. The van der Waals surface area contributed by atoms with Crippen molar-refractivity contribution in [1.82, 2.24) is 4.98 Å². The first kappa shape index (κ1) is 11.3. The number of hydrogen-bond donors (Lipinski definition) is 2. The number of ether oxygens (including phenoxy) is 1. The molecule has 1 aliphatic rings. The molecule has 0 saturated carbocycles. The molecule has 0 aromatic carbocycles. The summed E-state index contributed by atoms with van der Waals surface area (Å²) in [6.07, 6.45) is 1.54. The molecule has 0 radical (unpaired) electrons. The fourth-order valence-corrected chi connectivity index (χ4v) is 1.77. The van der Waals surface area contributed by atoms with Gasteiger partial charge in [-0.1, -0.05) is 0 Å². The van der Waals surface area contributed by atoms with E-state index < -0.39 is 0 Å². The van der Waals surface area contributed by atoms with E-state index in [1.54, 1.807) is 12.3 Å². The number of pyridine rings is 1. The Labute approximate surface area is 94.3 Å². The molecule has 0 spiro atoms. The van der Waals surface area contributed by atoms with Crippen LogP contribution >= 0.6 is 0 Å². The molecule has 1 aromatic heterocycles. The molecule has 1 saturated heterocycles. The average molecular weight is 224 g/mol. The zero-order valence-electron chi connectivity index (χ0n) is 9.04. The van der Waals surface area contributed by atoms with Gasteiger partial charge in [-0.25, -0.2) is 4.98 Å². The SMILES string of the molecule is OCc1ccnc(N2CCOC(CO)C2)c1. The van der Waals surface area contributed by atoms with E-state index in [4.69, 9.17) is 14.9 Å². The monoisotopic (exact) mass is 224 g/mol. The zero-order valence-corrected chi connectivity index (χ0v) is 9.04. The molecular weight excluding hydrogens is 208 g/mol. The van der Waals surface area contributed by atoms with E-state index in [-0.39, 0.29) is 19.3 Å². The van der Waals surface area contributed by atoms with Gasteiger partial charge in [0.05, 0.1) is 25.9 Å². The highest BCUT2D eigenvalue weighted by Crippen LogP contribution is 2.16. The molecule has 2 heterocycles. The van der Waals surface area contributed by atoms with Crippen LogP contribution in [-0.2, 0) is 11.3 Å². The van der Waals surface area contributed by atoms with E-state index in [2.05, 4.69) is 9.88 Å². The maximum Gasteiger partial charge on any atom is 0.128 e. The van der Waals surface area contributed by atoms with Crippen molar-refractivity contribution in [3.63, 3.8) is 0 Å². The van der Waals surface area contributed by atoms with Crippen LogP contribution in [0.2, 0.25) is 0 Å². The van der Waals surface area contributed by atoms with Crippen molar-refractivity contribution in [1.29, 1.82) is 0 Å². The van der Waals surface area contributed by atoms with Gasteiger partial charge in [-0.2, -0.15) is 0 Å². The second kappa shape index (κ2) is 5.25. The quantitative estimate of drug-likeness (QED) is 0.742. The third-order valence-corrected chi connectivity index (χ3v) is 2.66. The Kier molecular flexibility index (Phi) is 3.71. The first-order valence-electron chi connectivity index (χ1n) is 5.36. The summed E-state index contributed by atoms with van der Waals surface area (Å²) in [5.41, 5.74) is 0.844. The van der Waals surface area contributed by atoms with Gasteiger partial charge in [-0.15, -0.1) is 0 Å². The topological polar surface area (TPSA) is 65.8 Å². The highest BCUT2D eigenvalue weighted by molar-refractivity contribution is 5.41. The van der Waals surface area contributed by atoms with Crippen LogP contribution in [0.25, 0.3) is 0 Å². The molecular formula is C11H16N2O3. The summed E-state index contributed by atoms with van der Waals surface area (Å²) in [5, 5.41) is 18.1. The van der Waals surface area contributed by atoms with Crippen molar-refractivity contribution in [3.8, 4) is 0 Å². The molecule has 16 heavy (non-hydrogen) atoms. The van der Waals surface area contributed by atoms with Crippen LogP contribution in [0.5, 0.6) is 0 Å². The Morgan fingerprint density at radius 2 is 2.38 bits per heavy atom. The smallest absolute Gasteiger partial charge is 0.128 e. The Hall–Kier alpha value is -1.17. The highest BCUT2D eigenvalue weighted by atomic mass is 16.5. The molecule has 0 aliphatic carbocycles. The third-order valence-electron chi connectivity index (χ3n) is 2.66. The number of aliphatic hydroxyl groups excluding tert-OH is 2. The maximum atomic E-state index is 9.05. The van der Waals surface area contributed by atoms with Crippen molar-refractivity contribution in [2.45, 2.75) is 12.7 Å². The van der Waals surface area contributed by atoms with Crippen LogP contribution in [0.1, 0.15) is 5.56 Å². The molecule has 88 valence electrons. The molecule has 1 unspecified atom stereocenters. The van der Waals surface area contributed by atoms with Gasteiger partial charge in [-0.05, 0) is 17.7 Å². The molecule has 1 atom stereocenters. The maximum absolute atomic E-state index is 9.05. The van der Waals surface area contributed by atoms with Crippen LogP contribution in [0, 0.1) is 0 Å². The normalized spacial score (nSPS) is 21.1. The summed E-state index contributed by atoms with van der Waals surface area (Å²) < 4.78 is 5.37. The summed E-state index contributed by atoms with van der Waals surface area (Å²) >= 11 is 0. The van der Waals surface area contributed by atoms with E-state index >= 15 is 0 Å². The molecule has 1 fully saturated rings. The van der Waals surface area contributed by atoms with Crippen LogP contribution in [-0.4, -0.2) is 47.6 Å². The first-order chi connectivity index (χ1) is 7.83. The fourth-order valence-electron chi connectivity index (χ4n) is 1.77. The van der Waals surface area contributed by atoms with Gasteiger partial charge in [0, 0.05) is 19.3 Å². The fraction of sp³-hybridized carbons (Fsp3) is 0.545. The van der Waals surface area contributed by atoms with Gasteiger partial charge < -0.3 is 19.8 Å². The van der Waals surface area contributed by atoms with Gasteiger partial charge in [-0.3, -0.25) is 0 Å². The molecule has 0 amide bonds. The lowest BCUT2D eigenvalue weighted by atomic mass is 10.2. The lowest BCUT2D eigenvalue weighted by molar-refractivity contribution is 0.00335. The summed E-state index contributed by atoms with van der Waals surface area (Å²) in [7, 11) is 0. The van der Waals surface area contributed by atoms with Gasteiger partial charge in [0.25, 0.3) is 0 Å². The Morgan fingerprint density at radius 3 is 3.12 bits per heavy atom. The number of anilines is 1. The van der Waals surface area contributed by atoms with Crippen molar-refractivity contribution in [2.75, 3.05) is 31.2 Å². The standard InChI is InChI=1S/C11H16N2O3/c14-7-9-1-2-12-11(5-9)13-3-4-16-10(6-13)8-15/h1-2,5,10,14-15H,3-4,6-8H2. The number of aromatic nitrogens is 1. The van der Waals surface area contributed by atoms with Crippen molar-refractivity contribution < 1.29 is 14.9 Å². The van der Waals surface area contributed by atoms with Crippen LogP contribution in [0.15, 0.2) is 18.3 Å². The molecule has 1 aliphatic heterocycles. The van der Waals surface area contributed by atoms with Crippen molar-refractivity contribution >= 4 is 5.82 Å². The molecule has 0 bridgehead atoms. The average Bonchev–Trinajstić information content (AvgIpc) is 2.39. The van der Waals surface area contributed by atoms with E-state index in [0.29, 0.717) is 13.2 Å². The Balaban J connectivity index is 2.10. The lowest BCUT2D eigenvalue weighted by Crippen LogP contribution is -2.44. The lowest BCUT2D eigenvalue weighted by Gasteiger charge is -2.32. The minimum atomic E-state index is -0.145. The largest absolute Gasteiger partial charge is 0.394 e. The predicted molar refractivity (Wildman–Crippen MR) is 59.2 cm³/mol. The minimum Gasteiger partial charge on any atom is -0.394 e. The van der Waals surface area contributed by atoms with E-state index in [0.717, 1.165) is 17.9 Å². The second-order valence-corrected chi connectivity index (χ2v) is 3.80. The van der Waals surface area contributed by atoms with E-state index in [1.807, 2.05) is 6.07 Å². The van der Waals surface area contributed by atoms with Gasteiger partial charge in [0.15, 0.2) is 0 Å². The molecule has 1 aromatic rings. The third kappa shape index (κ3) is 2.49. The summed E-state index contributed by atoms with van der Waals surface area (Å²) in [5.74, 6) is 0.827. The van der Waals surface area contributed by atoms with Crippen LogP contribution < -0.4 is 4.90 Å². The predicted octanol–water partition coefficient (Wildman–Crippen LogP) is -0.229. The number of rotatable bonds is 3. The zero-order chi connectivity index (χ0) is 11.4. The number of morpholine rings is 1. The van der Waals surface area contributed by atoms with Crippen LogP contribution in [0.3, 0.4) is 0 Å². The molecule has 2 N–H and O–H groups in total. The summed E-state index contributed by atoms with van der Waals surface area (Å²) in [6.45, 7) is 2.03. The highest BCUT2D eigenvalue weighted by Gasteiger charge is 2.20. The Morgan fingerprint density at radius 1 is 1.50 bits per heavy atom. The van der Waals surface area contributed by atoms with Gasteiger partial charge in [0.1, 0.15) is 5.82 Å². The van der Waals surface area contributed by atoms with E-state index in [1.165, 1.54) is 0 Å². The number of hydrogen-bond acceptors (Lipinski definition) is 5.